The highest BCUT2D eigenvalue weighted by Crippen LogP contribution is 2.44. The first kappa shape index (κ1) is 30.0. The standard InChI is InChI=1S/C26H31Cl2N7O3.H2O/c1-5-34-10-12-35(13-11-34)18-8-6-17(7-9-18)31-21-15-22(30-16-29-21)33(2)26(36)32-25-23(27)19(37-3)14-20(38-4)24(25)28;/h6-9,14-16H,5,10-13H2,1-4H3,(H,32,36)(H,29,30,31);1H2. The largest absolute Gasteiger partial charge is 0.495 e. The van der Waals surface area contributed by atoms with Crippen molar-refractivity contribution in [3.63, 3.8) is 0 Å². The smallest absolute Gasteiger partial charge is 0.327 e. The van der Waals surface area contributed by atoms with Crippen LogP contribution in [0.15, 0.2) is 42.7 Å². The molecule has 2 aromatic carbocycles. The Morgan fingerprint density at radius 3 is 2.18 bits per heavy atom. The van der Waals surface area contributed by atoms with Gasteiger partial charge < -0.3 is 35.4 Å². The van der Waals surface area contributed by atoms with Gasteiger partial charge in [0.25, 0.3) is 0 Å². The lowest BCUT2D eigenvalue weighted by Crippen LogP contribution is -2.46. The van der Waals surface area contributed by atoms with Gasteiger partial charge in [-0.15, -0.1) is 0 Å². The molecule has 2 heterocycles. The maximum Gasteiger partial charge on any atom is 0.327 e. The lowest BCUT2D eigenvalue weighted by atomic mass is 10.2. The molecule has 2 amide bonds. The van der Waals surface area contributed by atoms with Gasteiger partial charge in [0, 0.05) is 56.7 Å². The van der Waals surface area contributed by atoms with Gasteiger partial charge in [-0.1, -0.05) is 30.1 Å². The molecule has 0 bridgehead atoms. The summed E-state index contributed by atoms with van der Waals surface area (Å²) in [7, 11) is 4.50. The summed E-state index contributed by atoms with van der Waals surface area (Å²) >= 11 is 12.8. The van der Waals surface area contributed by atoms with Crippen molar-refractivity contribution < 1.29 is 19.7 Å². The molecular formula is C26H33Cl2N7O4. The Labute approximate surface area is 237 Å². The van der Waals surface area contributed by atoms with Crippen molar-refractivity contribution in [2.75, 3.05) is 74.4 Å². The van der Waals surface area contributed by atoms with Crippen LogP contribution in [0.25, 0.3) is 0 Å². The minimum absolute atomic E-state index is 0. The van der Waals surface area contributed by atoms with Gasteiger partial charge in [0.1, 0.15) is 39.5 Å². The van der Waals surface area contributed by atoms with Gasteiger partial charge in [-0.2, -0.15) is 0 Å². The fourth-order valence-electron chi connectivity index (χ4n) is 4.11. The first-order valence-electron chi connectivity index (χ1n) is 12.2. The maximum absolute atomic E-state index is 13.0. The topological polar surface area (TPSA) is 127 Å². The number of aromatic nitrogens is 2. The summed E-state index contributed by atoms with van der Waals surface area (Å²) < 4.78 is 10.5. The minimum atomic E-state index is -0.513. The molecule has 13 heteroatoms. The number of hydrogen-bond donors (Lipinski definition) is 2. The van der Waals surface area contributed by atoms with E-state index in [1.54, 1.807) is 19.2 Å². The molecule has 1 aliphatic heterocycles. The van der Waals surface area contributed by atoms with E-state index >= 15 is 0 Å². The highest BCUT2D eigenvalue weighted by molar-refractivity contribution is 6.41. The molecular weight excluding hydrogens is 545 g/mol. The highest BCUT2D eigenvalue weighted by Gasteiger charge is 2.22. The molecule has 1 aromatic heterocycles. The first-order valence-corrected chi connectivity index (χ1v) is 12.9. The number of piperazine rings is 1. The third-order valence-electron chi connectivity index (χ3n) is 6.43. The molecule has 3 aromatic rings. The van der Waals surface area contributed by atoms with Crippen LogP contribution in [-0.4, -0.2) is 80.4 Å². The average Bonchev–Trinajstić information content (AvgIpc) is 2.95. The fraction of sp³-hybridized carbons (Fsp3) is 0.346. The van der Waals surface area contributed by atoms with Gasteiger partial charge in [0.15, 0.2) is 0 Å². The van der Waals surface area contributed by atoms with E-state index in [1.165, 1.54) is 31.1 Å². The third kappa shape index (κ3) is 6.93. The van der Waals surface area contributed by atoms with Gasteiger partial charge in [-0.05, 0) is 30.8 Å². The van der Waals surface area contributed by atoms with Crippen LogP contribution >= 0.6 is 23.2 Å². The van der Waals surface area contributed by atoms with Crippen LogP contribution in [0, 0.1) is 0 Å². The fourth-order valence-corrected chi connectivity index (χ4v) is 4.71. The number of carbonyl (C=O) groups is 1. The Kier molecular flexibility index (Phi) is 10.4. The van der Waals surface area contributed by atoms with Crippen LogP contribution < -0.4 is 29.9 Å². The second-order valence-corrected chi connectivity index (χ2v) is 9.38. The molecule has 1 aliphatic rings. The van der Waals surface area contributed by atoms with Crippen molar-refractivity contribution in [3.05, 3.63) is 52.8 Å². The maximum atomic E-state index is 13.0. The molecule has 39 heavy (non-hydrogen) atoms. The second-order valence-electron chi connectivity index (χ2n) is 8.63. The first-order chi connectivity index (χ1) is 18.3. The Bertz CT molecular complexity index is 1240. The van der Waals surface area contributed by atoms with Crippen LogP contribution in [0.2, 0.25) is 10.0 Å². The molecule has 0 radical (unpaired) electrons. The summed E-state index contributed by atoms with van der Waals surface area (Å²) in [5, 5.41) is 6.29. The third-order valence-corrected chi connectivity index (χ3v) is 7.18. The summed E-state index contributed by atoms with van der Waals surface area (Å²) in [4.78, 5) is 27.7. The van der Waals surface area contributed by atoms with Crippen molar-refractivity contribution >= 4 is 57.9 Å². The lowest BCUT2D eigenvalue weighted by molar-refractivity contribution is 0.258. The summed E-state index contributed by atoms with van der Waals surface area (Å²) in [6.45, 7) is 7.47. The second kappa shape index (κ2) is 13.5. The van der Waals surface area contributed by atoms with E-state index < -0.39 is 6.03 Å². The van der Waals surface area contributed by atoms with Crippen molar-refractivity contribution in [1.82, 2.24) is 14.9 Å². The quantitative estimate of drug-likeness (QED) is 0.399. The predicted molar refractivity (Wildman–Crippen MR) is 157 cm³/mol. The van der Waals surface area contributed by atoms with E-state index in [2.05, 4.69) is 49.5 Å². The zero-order chi connectivity index (χ0) is 27.2. The zero-order valence-corrected chi connectivity index (χ0v) is 23.8. The lowest BCUT2D eigenvalue weighted by Gasteiger charge is -2.35. The molecule has 0 aliphatic carbocycles. The predicted octanol–water partition coefficient (Wildman–Crippen LogP) is 4.53. The van der Waals surface area contributed by atoms with Crippen LogP contribution in [0.5, 0.6) is 11.5 Å². The van der Waals surface area contributed by atoms with Crippen LogP contribution in [-0.2, 0) is 0 Å². The number of likely N-dealkylation sites (N-methyl/N-ethyl adjacent to an activating group) is 1. The molecule has 0 saturated carbocycles. The molecule has 11 nitrogen and oxygen atoms in total. The van der Waals surface area contributed by atoms with Gasteiger partial charge in [-0.25, -0.2) is 14.8 Å². The summed E-state index contributed by atoms with van der Waals surface area (Å²) in [6.07, 6.45) is 1.39. The van der Waals surface area contributed by atoms with Crippen molar-refractivity contribution in [2.45, 2.75) is 6.92 Å². The molecule has 210 valence electrons. The number of nitrogens with one attached hydrogen (secondary N) is 2. The molecule has 0 spiro atoms. The van der Waals surface area contributed by atoms with E-state index in [1.807, 2.05) is 12.1 Å². The van der Waals surface area contributed by atoms with Gasteiger partial charge >= 0.3 is 6.03 Å². The Morgan fingerprint density at radius 2 is 1.62 bits per heavy atom. The Balaban J connectivity index is 0.00000420. The zero-order valence-electron chi connectivity index (χ0n) is 22.3. The molecule has 4 N–H and O–H groups in total. The number of hydrogen-bond acceptors (Lipinski definition) is 8. The van der Waals surface area contributed by atoms with Crippen LogP contribution in [0.3, 0.4) is 0 Å². The number of nitrogens with zero attached hydrogens (tertiary/aromatic N) is 5. The number of amides is 2. The molecule has 1 fully saturated rings. The van der Waals surface area contributed by atoms with E-state index in [0.29, 0.717) is 23.1 Å². The number of methoxy groups -OCH3 is 2. The van der Waals surface area contributed by atoms with E-state index in [0.717, 1.165) is 38.4 Å². The number of halogens is 2. The summed E-state index contributed by atoms with van der Waals surface area (Å²) in [5.41, 5.74) is 2.24. The van der Waals surface area contributed by atoms with Gasteiger partial charge in [-0.3, -0.25) is 4.90 Å². The molecule has 0 unspecified atom stereocenters. The highest BCUT2D eigenvalue weighted by atomic mass is 35.5. The minimum Gasteiger partial charge on any atom is -0.495 e. The number of ether oxygens (including phenoxy) is 2. The SMILES string of the molecule is CCN1CCN(c2ccc(Nc3cc(N(C)C(=O)Nc4c(Cl)c(OC)cc(OC)c4Cl)ncn3)cc2)CC1.O. The van der Waals surface area contributed by atoms with E-state index in [9.17, 15) is 4.79 Å². The number of benzene rings is 2. The van der Waals surface area contributed by atoms with Crippen molar-refractivity contribution in [1.29, 1.82) is 0 Å². The molecule has 4 rings (SSSR count). The van der Waals surface area contributed by atoms with Gasteiger partial charge in [0.2, 0.25) is 0 Å². The van der Waals surface area contributed by atoms with Crippen molar-refractivity contribution in [2.24, 2.45) is 0 Å². The summed E-state index contributed by atoms with van der Waals surface area (Å²) in [6, 6.07) is 10.9. The summed E-state index contributed by atoms with van der Waals surface area (Å²) in [5.74, 6) is 1.54. The Morgan fingerprint density at radius 1 is 1.00 bits per heavy atom. The number of carbonyl (C=O) groups excluding carboxylic acids is 1. The average molecular weight is 579 g/mol. The number of anilines is 5. The normalized spacial score (nSPS) is 13.3. The number of rotatable bonds is 8. The van der Waals surface area contributed by atoms with E-state index in [4.69, 9.17) is 32.7 Å². The van der Waals surface area contributed by atoms with Gasteiger partial charge in [0.05, 0.1) is 19.9 Å². The van der Waals surface area contributed by atoms with Crippen LogP contribution in [0.4, 0.5) is 33.5 Å². The number of urea groups is 1. The Hall–Kier alpha value is -3.51. The molecule has 1 saturated heterocycles. The molecule has 0 atom stereocenters. The monoisotopic (exact) mass is 577 g/mol. The van der Waals surface area contributed by atoms with Crippen molar-refractivity contribution in [3.8, 4) is 11.5 Å². The van der Waals surface area contributed by atoms with E-state index in [-0.39, 0.29) is 21.2 Å². The van der Waals surface area contributed by atoms with Crippen LogP contribution in [0.1, 0.15) is 6.92 Å².